The maximum absolute atomic E-state index is 11.8. The number of ether oxygens (including phenoxy) is 1. The number of amides is 1. The van der Waals surface area contributed by atoms with E-state index in [0.717, 1.165) is 40.2 Å². The molecule has 6 rings (SSSR count). The van der Waals surface area contributed by atoms with Crippen molar-refractivity contribution in [2.75, 3.05) is 13.1 Å². The second kappa shape index (κ2) is 10.6. The third kappa shape index (κ3) is 4.87. The molecule has 1 saturated heterocycles. The molecule has 2 aromatic carbocycles. The largest absolute Gasteiger partial charge is 0.474 e. The lowest BCUT2D eigenvalue weighted by molar-refractivity contribution is -0.127. The maximum atomic E-state index is 11.8. The number of aromatic nitrogens is 5. The molecule has 0 aliphatic carbocycles. The van der Waals surface area contributed by atoms with E-state index in [1.54, 1.807) is 15.8 Å². The zero-order valence-electron chi connectivity index (χ0n) is 22.1. The molecule has 0 spiro atoms. The predicted molar refractivity (Wildman–Crippen MR) is 151 cm³/mol. The molecule has 0 N–H and O–H groups in total. The number of carbonyl (C=O) groups excluding carboxylic acids is 1. The van der Waals surface area contributed by atoms with E-state index in [1.165, 1.54) is 6.08 Å². The van der Waals surface area contributed by atoms with Crippen LogP contribution in [0.15, 0.2) is 73.4 Å². The predicted octanol–water partition coefficient (Wildman–Crippen LogP) is 4.60. The molecule has 0 atom stereocenters. The van der Waals surface area contributed by atoms with Gasteiger partial charge in [0.2, 0.25) is 11.8 Å². The van der Waals surface area contributed by atoms with Crippen molar-refractivity contribution in [1.29, 1.82) is 5.26 Å². The molecule has 0 bridgehead atoms. The lowest BCUT2D eigenvalue weighted by Gasteiger charge is -2.31. The zero-order chi connectivity index (χ0) is 27.6. The van der Waals surface area contributed by atoms with Crippen LogP contribution in [-0.4, -0.2) is 54.7 Å². The second-order valence-electron chi connectivity index (χ2n) is 9.85. The van der Waals surface area contributed by atoms with Gasteiger partial charge in [0.1, 0.15) is 29.4 Å². The van der Waals surface area contributed by atoms with Gasteiger partial charge in [0.05, 0.1) is 16.6 Å². The van der Waals surface area contributed by atoms with Crippen LogP contribution in [0.2, 0.25) is 0 Å². The molecule has 198 valence electrons. The van der Waals surface area contributed by atoms with E-state index in [4.69, 9.17) is 14.7 Å². The Bertz CT molecular complexity index is 1800. The Morgan fingerprint density at radius 3 is 2.73 bits per heavy atom. The van der Waals surface area contributed by atoms with E-state index in [0.29, 0.717) is 48.2 Å². The highest BCUT2D eigenvalue weighted by Gasteiger charge is 2.23. The summed E-state index contributed by atoms with van der Waals surface area (Å²) in [5.74, 6) is 1.12. The van der Waals surface area contributed by atoms with Gasteiger partial charge in [-0.1, -0.05) is 36.9 Å². The van der Waals surface area contributed by atoms with Crippen LogP contribution < -0.4 is 4.74 Å². The molecule has 1 aliphatic rings. The molecule has 4 heterocycles. The smallest absolute Gasteiger partial charge is 0.245 e. The Morgan fingerprint density at radius 1 is 1.12 bits per heavy atom. The Kier molecular flexibility index (Phi) is 6.66. The summed E-state index contributed by atoms with van der Waals surface area (Å²) in [4.78, 5) is 27.6. The Balaban J connectivity index is 1.23. The summed E-state index contributed by atoms with van der Waals surface area (Å²) in [5.41, 5.74) is 4.36. The molecule has 1 amide bonds. The van der Waals surface area contributed by atoms with Crippen molar-refractivity contribution in [3.05, 3.63) is 90.4 Å². The van der Waals surface area contributed by atoms with Crippen molar-refractivity contribution < 1.29 is 9.53 Å². The molecule has 9 heteroatoms. The van der Waals surface area contributed by atoms with E-state index in [1.807, 2.05) is 61.6 Å². The number of carbonyl (C=O) groups is 1. The molecular weight excluding hydrogens is 502 g/mol. The number of para-hydroxylation sites is 1. The fourth-order valence-electron chi connectivity index (χ4n) is 5.15. The highest BCUT2D eigenvalue weighted by atomic mass is 16.5. The van der Waals surface area contributed by atoms with Gasteiger partial charge in [-0.3, -0.25) is 9.48 Å². The van der Waals surface area contributed by atoms with Crippen LogP contribution >= 0.6 is 0 Å². The quantitative estimate of drug-likeness (QED) is 0.296. The van der Waals surface area contributed by atoms with Crippen molar-refractivity contribution in [2.24, 2.45) is 7.05 Å². The molecule has 0 radical (unpaired) electrons. The van der Waals surface area contributed by atoms with Gasteiger partial charge in [-0.15, -0.1) is 0 Å². The van der Waals surface area contributed by atoms with Crippen LogP contribution in [-0.2, 0) is 18.3 Å². The van der Waals surface area contributed by atoms with Crippen LogP contribution in [0.4, 0.5) is 0 Å². The average Bonchev–Trinajstić information content (AvgIpc) is 3.33. The van der Waals surface area contributed by atoms with Gasteiger partial charge in [-0.25, -0.2) is 15.0 Å². The standard InChI is InChI=1S/C31H27N7O2/c1-3-29(39)38-14-12-23(13-15-38)40-28-11-10-21-9-8-20(16-25(21)34-28)17-27-33-19-22(18-32)30(35-27)31-24-6-4-5-7-26(24)37(2)36-31/h3-11,16,19,23H,1,12-15,17H2,2H3. The number of benzene rings is 2. The number of fused-ring (bicyclic) bond motifs is 2. The van der Waals surface area contributed by atoms with Crippen LogP contribution in [0.5, 0.6) is 5.88 Å². The highest BCUT2D eigenvalue weighted by Crippen LogP contribution is 2.29. The van der Waals surface area contributed by atoms with E-state index < -0.39 is 0 Å². The van der Waals surface area contributed by atoms with Crippen molar-refractivity contribution in [3.63, 3.8) is 0 Å². The third-order valence-corrected chi connectivity index (χ3v) is 7.25. The fraction of sp³-hybridized carbons (Fsp3) is 0.226. The van der Waals surface area contributed by atoms with Gasteiger partial charge in [-0.2, -0.15) is 10.4 Å². The lowest BCUT2D eigenvalue weighted by Crippen LogP contribution is -2.41. The summed E-state index contributed by atoms with van der Waals surface area (Å²) in [7, 11) is 1.88. The number of hydrogen-bond acceptors (Lipinski definition) is 7. The van der Waals surface area contributed by atoms with Crippen LogP contribution in [0.25, 0.3) is 33.2 Å². The van der Waals surface area contributed by atoms with Crippen LogP contribution in [0, 0.1) is 11.3 Å². The first-order chi connectivity index (χ1) is 19.5. The molecule has 40 heavy (non-hydrogen) atoms. The molecule has 0 saturated carbocycles. The first-order valence-corrected chi connectivity index (χ1v) is 13.2. The van der Waals surface area contributed by atoms with Crippen LogP contribution in [0.1, 0.15) is 29.8 Å². The number of aryl methyl sites for hydroxylation is 1. The fourth-order valence-corrected chi connectivity index (χ4v) is 5.15. The Morgan fingerprint density at radius 2 is 1.93 bits per heavy atom. The van der Waals surface area contributed by atoms with Gasteiger partial charge >= 0.3 is 0 Å². The summed E-state index contributed by atoms with van der Waals surface area (Å²) in [6.07, 6.45) is 4.91. The van der Waals surface area contributed by atoms with Crippen molar-refractivity contribution in [3.8, 4) is 23.3 Å². The minimum atomic E-state index is -0.0402. The molecular formula is C31H27N7O2. The van der Waals surface area contributed by atoms with Crippen LogP contribution in [0.3, 0.4) is 0 Å². The molecule has 1 aliphatic heterocycles. The summed E-state index contributed by atoms with van der Waals surface area (Å²) < 4.78 is 7.97. The summed E-state index contributed by atoms with van der Waals surface area (Å²) >= 11 is 0. The van der Waals surface area contributed by atoms with E-state index in [9.17, 15) is 10.1 Å². The van der Waals surface area contributed by atoms with Gasteiger partial charge < -0.3 is 9.64 Å². The molecule has 5 aromatic rings. The number of nitrogens with zero attached hydrogens (tertiary/aromatic N) is 7. The van der Waals surface area contributed by atoms with Gasteiger partial charge in [0.25, 0.3) is 0 Å². The highest BCUT2D eigenvalue weighted by molar-refractivity contribution is 5.93. The molecule has 0 unspecified atom stereocenters. The number of hydrogen-bond donors (Lipinski definition) is 0. The number of pyridine rings is 1. The minimum absolute atomic E-state index is 0.00939. The summed E-state index contributed by atoms with van der Waals surface area (Å²) in [5, 5.41) is 16.3. The first kappa shape index (κ1) is 25.2. The van der Waals surface area contributed by atoms with E-state index in [-0.39, 0.29) is 12.0 Å². The zero-order valence-corrected chi connectivity index (χ0v) is 22.1. The maximum Gasteiger partial charge on any atom is 0.245 e. The van der Waals surface area contributed by atoms with Crippen molar-refractivity contribution in [2.45, 2.75) is 25.4 Å². The number of nitriles is 1. The van der Waals surface area contributed by atoms with E-state index in [2.05, 4.69) is 22.7 Å². The first-order valence-electron chi connectivity index (χ1n) is 13.2. The summed E-state index contributed by atoms with van der Waals surface area (Å²) in [6.45, 7) is 4.86. The van der Waals surface area contributed by atoms with Crippen molar-refractivity contribution >= 4 is 27.7 Å². The molecule has 1 fully saturated rings. The Hall–Kier alpha value is -5.10. The number of rotatable bonds is 6. The summed E-state index contributed by atoms with van der Waals surface area (Å²) in [6, 6.07) is 20.1. The number of piperidine rings is 1. The third-order valence-electron chi connectivity index (χ3n) is 7.25. The topological polar surface area (TPSA) is 110 Å². The minimum Gasteiger partial charge on any atom is -0.474 e. The molecule has 9 nitrogen and oxygen atoms in total. The van der Waals surface area contributed by atoms with Gasteiger partial charge in [-0.05, 0) is 29.8 Å². The van der Waals surface area contributed by atoms with Crippen molar-refractivity contribution in [1.82, 2.24) is 29.6 Å². The second-order valence-corrected chi connectivity index (χ2v) is 9.85. The monoisotopic (exact) mass is 529 g/mol. The SMILES string of the molecule is C=CC(=O)N1CCC(Oc2ccc3ccc(Cc4ncc(C#N)c(-c5nn(C)c6ccccc56)n4)cc3n2)CC1. The van der Waals surface area contributed by atoms with Gasteiger partial charge in [0.15, 0.2) is 0 Å². The average molecular weight is 530 g/mol. The normalized spacial score (nSPS) is 13.8. The molecule has 3 aromatic heterocycles. The van der Waals surface area contributed by atoms with E-state index >= 15 is 0 Å². The number of likely N-dealkylation sites (tertiary alicyclic amines) is 1. The Labute approximate surface area is 231 Å². The lowest BCUT2D eigenvalue weighted by atomic mass is 10.1. The van der Waals surface area contributed by atoms with Gasteiger partial charge in [0, 0.05) is 62.4 Å².